The maximum absolute atomic E-state index is 12.9. The molecule has 0 unspecified atom stereocenters. The molecule has 0 spiro atoms. The van der Waals surface area contributed by atoms with Gasteiger partial charge in [0.15, 0.2) is 0 Å². The topological polar surface area (TPSA) is 159 Å². The monoisotopic (exact) mass is 565 g/mol. The SMILES string of the molecule is CC(C)Oc1ccc(-c2nc(-c3cccc4c3CC[C@@H]4NS(=O)(=O)CC(=O)N3CCC(O)CC3)no2)cc1C#N. The van der Waals surface area contributed by atoms with Gasteiger partial charge in [-0.15, -0.1) is 0 Å². The molecule has 3 aromatic rings. The van der Waals surface area contributed by atoms with E-state index in [4.69, 9.17) is 9.26 Å². The zero-order valence-corrected chi connectivity index (χ0v) is 23.1. The number of nitrogens with zero attached hydrogens (tertiary/aromatic N) is 4. The van der Waals surface area contributed by atoms with E-state index in [1.54, 1.807) is 18.2 Å². The van der Waals surface area contributed by atoms with Crippen LogP contribution < -0.4 is 9.46 Å². The molecule has 0 saturated carbocycles. The molecule has 0 bridgehead atoms. The van der Waals surface area contributed by atoms with Crippen LogP contribution in [0.3, 0.4) is 0 Å². The quantitative estimate of drug-likeness (QED) is 0.419. The number of hydrogen-bond donors (Lipinski definition) is 2. The molecule has 11 nitrogen and oxygen atoms in total. The molecule has 0 radical (unpaired) electrons. The summed E-state index contributed by atoms with van der Waals surface area (Å²) in [6, 6.07) is 12.3. The largest absolute Gasteiger partial charge is 0.490 e. The molecule has 1 aliphatic carbocycles. The second kappa shape index (κ2) is 11.4. The summed E-state index contributed by atoms with van der Waals surface area (Å²) in [6.07, 6.45) is 1.51. The third-order valence-electron chi connectivity index (χ3n) is 7.10. The first-order valence-electron chi connectivity index (χ1n) is 13.3. The van der Waals surface area contributed by atoms with Gasteiger partial charge in [0.1, 0.15) is 17.6 Å². The minimum atomic E-state index is -3.89. The van der Waals surface area contributed by atoms with E-state index in [2.05, 4.69) is 20.9 Å². The summed E-state index contributed by atoms with van der Waals surface area (Å²) >= 11 is 0. The van der Waals surface area contributed by atoms with Crippen LogP contribution in [-0.2, 0) is 21.2 Å². The number of carbonyl (C=O) groups excluding carboxylic acids is 1. The predicted octanol–water partition coefficient (Wildman–Crippen LogP) is 2.95. The molecule has 1 saturated heterocycles. The van der Waals surface area contributed by atoms with E-state index < -0.39 is 33.8 Å². The first kappa shape index (κ1) is 27.8. The van der Waals surface area contributed by atoms with E-state index in [0.717, 1.165) is 16.7 Å². The zero-order valence-electron chi connectivity index (χ0n) is 22.3. The van der Waals surface area contributed by atoms with E-state index in [1.165, 1.54) is 4.90 Å². The molecule has 210 valence electrons. The van der Waals surface area contributed by atoms with Crippen LogP contribution in [0.2, 0.25) is 0 Å². The van der Waals surface area contributed by atoms with Gasteiger partial charge in [0.25, 0.3) is 5.89 Å². The maximum atomic E-state index is 12.9. The molecule has 1 aromatic heterocycles. The molecule has 1 fully saturated rings. The Balaban J connectivity index is 1.32. The number of ether oxygens (including phenoxy) is 1. The molecule has 5 rings (SSSR count). The average molecular weight is 566 g/mol. The molecular formula is C28H31N5O6S. The van der Waals surface area contributed by atoms with Gasteiger partial charge in [0, 0.05) is 30.3 Å². The summed E-state index contributed by atoms with van der Waals surface area (Å²) in [7, 11) is -3.89. The summed E-state index contributed by atoms with van der Waals surface area (Å²) in [5.74, 6) is -0.00650. The van der Waals surface area contributed by atoms with Gasteiger partial charge in [-0.3, -0.25) is 4.79 Å². The van der Waals surface area contributed by atoms with Crippen molar-refractivity contribution in [3.05, 3.63) is 53.1 Å². The van der Waals surface area contributed by atoms with E-state index in [0.29, 0.717) is 61.5 Å². The number of rotatable bonds is 8. The zero-order chi connectivity index (χ0) is 28.4. The summed E-state index contributed by atoms with van der Waals surface area (Å²) < 4.78 is 39.7. The Morgan fingerprint density at radius 1 is 1.25 bits per heavy atom. The van der Waals surface area contributed by atoms with E-state index in [-0.39, 0.29) is 12.0 Å². The predicted molar refractivity (Wildman–Crippen MR) is 145 cm³/mol. The van der Waals surface area contributed by atoms with Crippen LogP contribution in [0, 0.1) is 11.3 Å². The van der Waals surface area contributed by atoms with Gasteiger partial charge >= 0.3 is 0 Å². The second-order valence-electron chi connectivity index (χ2n) is 10.4. The van der Waals surface area contributed by atoms with E-state index in [9.17, 15) is 23.6 Å². The molecule has 1 amide bonds. The van der Waals surface area contributed by atoms with Crippen LogP contribution >= 0.6 is 0 Å². The minimum Gasteiger partial charge on any atom is -0.490 e. The third-order valence-corrected chi connectivity index (χ3v) is 8.37. The maximum Gasteiger partial charge on any atom is 0.258 e. The number of benzene rings is 2. The van der Waals surface area contributed by atoms with Crippen molar-refractivity contribution in [2.75, 3.05) is 18.8 Å². The van der Waals surface area contributed by atoms with Gasteiger partial charge < -0.3 is 19.3 Å². The lowest BCUT2D eigenvalue weighted by atomic mass is 10.0. The Morgan fingerprint density at radius 3 is 2.75 bits per heavy atom. The van der Waals surface area contributed by atoms with Crippen molar-refractivity contribution in [3.8, 4) is 34.7 Å². The van der Waals surface area contributed by atoms with Crippen LogP contribution in [0.15, 0.2) is 40.9 Å². The lowest BCUT2D eigenvalue weighted by Gasteiger charge is -2.29. The molecule has 2 heterocycles. The molecule has 12 heteroatoms. The van der Waals surface area contributed by atoms with Crippen LogP contribution in [-0.4, -0.2) is 65.5 Å². The highest BCUT2D eigenvalue weighted by molar-refractivity contribution is 7.90. The fourth-order valence-corrected chi connectivity index (χ4v) is 6.44. The summed E-state index contributed by atoms with van der Waals surface area (Å²) in [5, 5.41) is 23.3. The molecule has 2 N–H and O–H groups in total. The van der Waals surface area contributed by atoms with Crippen molar-refractivity contribution in [2.45, 2.75) is 57.8 Å². The number of aromatic nitrogens is 2. The van der Waals surface area contributed by atoms with Gasteiger partial charge in [-0.05, 0) is 68.9 Å². The highest BCUT2D eigenvalue weighted by atomic mass is 32.2. The highest BCUT2D eigenvalue weighted by Crippen LogP contribution is 2.38. The van der Waals surface area contributed by atoms with Crippen molar-refractivity contribution < 1.29 is 27.6 Å². The van der Waals surface area contributed by atoms with E-state index in [1.807, 2.05) is 32.0 Å². The average Bonchev–Trinajstić information content (AvgIpc) is 3.56. The number of sulfonamides is 1. The third kappa shape index (κ3) is 6.01. The normalized spacial score (nSPS) is 17.6. The fraction of sp³-hybridized carbons (Fsp3) is 0.429. The number of hydrogen-bond acceptors (Lipinski definition) is 9. The van der Waals surface area contributed by atoms with Gasteiger partial charge in [-0.25, -0.2) is 13.1 Å². The Kier molecular flexibility index (Phi) is 7.89. The van der Waals surface area contributed by atoms with Crippen LogP contribution in [0.1, 0.15) is 55.8 Å². The van der Waals surface area contributed by atoms with Crippen molar-refractivity contribution >= 4 is 15.9 Å². The number of amides is 1. The number of aliphatic hydroxyl groups is 1. The summed E-state index contributed by atoms with van der Waals surface area (Å²) in [6.45, 7) is 4.47. The number of piperidine rings is 1. The number of aliphatic hydroxyl groups excluding tert-OH is 1. The molecule has 1 atom stereocenters. The molecule has 2 aromatic carbocycles. The van der Waals surface area contributed by atoms with Crippen molar-refractivity contribution in [1.82, 2.24) is 19.8 Å². The Labute approximate surface area is 232 Å². The van der Waals surface area contributed by atoms with Crippen molar-refractivity contribution in [2.24, 2.45) is 0 Å². The molecule has 2 aliphatic rings. The van der Waals surface area contributed by atoms with Gasteiger partial charge in [-0.2, -0.15) is 10.2 Å². The number of nitriles is 1. The van der Waals surface area contributed by atoms with Crippen LogP contribution in [0.25, 0.3) is 22.8 Å². The van der Waals surface area contributed by atoms with Gasteiger partial charge in [0.05, 0.1) is 17.8 Å². The van der Waals surface area contributed by atoms with Gasteiger partial charge in [0.2, 0.25) is 21.8 Å². The lowest BCUT2D eigenvalue weighted by molar-refractivity contribution is -0.130. The molecular weight excluding hydrogens is 534 g/mol. The highest BCUT2D eigenvalue weighted by Gasteiger charge is 2.32. The van der Waals surface area contributed by atoms with E-state index >= 15 is 0 Å². The summed E-state index contributed by atoms with van der Waals surface area (Å²) in [5.41, 5.74) is 3.40. The van der Waals surface area contributed by atoms with Crippen molar-refractivity contribution in [3.63, 3.8) is 0 Å². The lowest BCUT2D eigenvalue weighted by Crippen LogP contribution is -2.44. The smallest absolute Gasteiger partial charge is 0.258 e. The second-order valence-corrected chi connectivity index (χ2v) is 12.1. The Morgan fingerprint density at radius 2 is 2.02 bits per heavy atom. The minimum absolute atomic E-state index is 0.0772. The number of carbonyl (C=O) groups is 1. The number of nitrogens with one attached hydrogen (secondary N) is 1. The Hall–Kier alpha value is -3.79. The van der Waals surface area contributed by atoms with Gasteiger partial charge in [-0.1, -0.05) is 23.4 Å². The van der Waals surface area contributed by atoms with Crippen LogP contribution in [0.5, 0.6) is 5.75 Å². The first-order valence-corrected chi connectivity index (χ1v) is 14.9. The summed E-state index contributed by atoms with van der Waals surface area (Å²) in [4.78, 5) is 18.6. The van der Waals surface area contributed by atoms with Crippen LogP contribution in [0.4, 0.5) is 0 Å². The number of fused-ring (bicyclic) bond motifs is 1. The first-order chi connectivity index (χ1) is 19.1. The Bertz CT molecular complexity index is 1550. The number of likely N-dealkylation sites (tertiary alicyclic amines) is 1. The molecule has 1 aliphatic heterocycles. The molecule has 40 heavy (non-hydrogen) atoms. The van der Waals surface area contributed by atoms with Crippen molar-refractivity contribution in [1.29, 1.82) is 5.26 Å². The standard InChI is InChI=1S/C28H31N5O6S/c1-17(2)38-25-9-6-18(14-19(25)15-29)28-30-27(31-39-28)23-5-3-4-22-21(23)7-8-24(22)32-40(36,37)16-26(35)33-12-10-20(34)11-13-33/h3-6,9,14,17,20,24,32,34H,7-8,10-13,16H2,1-2H3/t24-/m0/s1. The fourth-order valence-electron chi connectivity index (χ4n) is 5.17.